The van der Waals surface area contributed by atoms with Crippen LogP contribution in [0.15, 0.2) is 18.2 Å². The van der Waals surface area contributed by atoms with Gasteiger partial charge in [0.15, 0.2) is 0 Å². The Morgan fingerprint density at radius 2 is 1.50 bits per heavy atom. The molecule has 1 rings (SSSR count). The minimum atomic E-state index is 0.530. The van der Waals surface area contributed by atoms with Crippen LogP contribution >= 0.6 is 0 Å². The zero-order valence-electron chi connectivity index (χ0n) is 13.6. The predicted octanol–water partition coefficient (Wildman–Crippen LogP) is 5.56. The van der Waals surface area contributed by atoms with E-state index >= 15 is 0 Å². The first kappa shape index (κ1) is 16.9. The first-order chi connectivity index (χ1) is 9.78. The van der Waals surface area contributed by atoms with Crippen LogP contribution in [0.2, 0.25) is 0 Å². The number of methoxy groups -OCH3 is 2. The zero-order chi connectivity index (χ0) is 14.8. The van der Waals surface area contributed by atoms with Crippen molar-refractivity contribution < 1.29 is 9.47 Å². The molecule has 0 aliphatic rings. The smallest absolute Gasteiger partial charge is 0.126 e. The highest BCUT2D eigenvalue weighted by molar-refractivity contribution is 5.47. The summed E-state index contributed by atoms with van der Waals surface area (Å²) in [4.78, 5) is 0. The van der Waals surface area contributed by atoms with Crippen LogP contribution in [0.3, 0.4) is 0 Å². The number of rotatable bonds is 10. The molecule has 1 aromatic carbocycles. The Labute approximate surface area is 124 Å². The molecule has 0 heterocycles. The fourth-order valence-electron chi connectivity index (χ4n) is 2.83. The number of hydrogen-bond acceptors (Lipinski definition) is 2. The van der Waals surface area contributed by atoms with Crippen molar-refractivity contribution in [2.45, 2.75) is 64.7 Å². The van der Waals surface area contributed by atoms with Gasteiger partial charge in [0.2, 0.25) is 0 Å². The van der Waals surface area contributed by atoms with Gasteiger partial charge in [0.1, 0.15) is 11.5 Å². The summed E-state index contributed by atoms with van der Waals surface area (Å²) in [6.07, 6.45) is 8.99. The van der Waals surface area contributed by atoms with Crippen LogP contribution < -0.4 is 9.47 Å². The van der Waals surface area contributed by atoms with E-state index in [0.29, 0.717) is 5.92 Å². The molecule has 1 atom stereocenters. The molecule has 1 unspecified atom stereocenters. The van der Waals surface area contributed by atoms with Gasteiger partial charge in [-0.3, -0.25) is 0 Å². The van der Waals surface area contributed by atoms with Crippen molar-refractivity contribution in [2.24, 2.45) is 0 Å². The van der Waals surface area contributed by atoms with E-state index in [1.807, 2.05) is 18.2 Å². The number of ether oxygens (including phenoxy) is 2. The standard InChI is InChI=1S/C18H30O2/c1-5-7-8-9-10-12-15(6-2)18-16(19-3)13-11-14-17(18)20-4/h11,13-15H,5-10,12H2,1-4H3. The molecule has 2 heteroatoms. The number of benzene rings is 1. The summed E-state index contributed by atoms with van der Waals surface area (Å²) in [5.74, 6) is 2.46. The van der Waals surface area contributed by atoms with Crippen LogP contribution in [-0.4, -0.2) is 14.2 Å². The summed E-state index contributed by atoms with van der Waals surface area (Å²) in [6.45, 7) is 4.51. The highest BCUT2D eigenvalue weighted by atomic mass is 16.5. The third kappa shape index (κ3) is 4.73. The average Bonchev–Trinajstić information content (AvgIpc) is 2.50. The molecule has 0 aliphatic heterocycles. The van der Waals surface area contributed by atoms with Gasteiger partial charge in [-0.25, -0.2) is 0 Å². The Bertz CT molecular complexity index is 351. The van der Waals surface area contributed by atoms with E-state index in [1.165, 1.54) is 44.1 Å². The Kier molecular flexibility index (Phi) is 8.17. The van der Waals surface area contributed by atoms with Gasteiger partial charge in [0.05, 0.1) is 14.2 Å². The van der Waals surface area contributed by atoms with Gasteiger partial charge < -0.3 is 9.47 Å². The second-order valence-corrected chi connectivity index (χ2v) is 5.38. The molecule has 0 saturated carbocycles. The van der Waals surface area contributed by atoms with Crippen molar-refractivity contribution in [3.63, 3.8) is 0 Å². The van der Waals surface area contributed by atoms with E-state index in [0.717, 1.165) is 17.9 Å². The zero-order valence-corrected chi connectivity index (χ0v) is 13.6. The summed E-state index contributed by atoms with van der Waals surface area (Å²) >= 11 is 0. The third-order valence-corrected chi connectivity index (χ3v) is 4.02. The molecule has 0 aromatic heterocycles. The van der Waals surface area contributed by atoms with E-state index in [2.05, 4.69) is 13.8 Å². The molecule has 0 radical (unpaired) electrons. The second-order valence-electron chi connectivity index (χ2n) is 5.38. The van der Waals surface area contributed by atoms with Gasteiger partial charge in [-0.05, 0) is 30.9 Å². The molecule has 0 saturated heterocycles. The van der Waals surface area contributed by atoms with Gasteiger partial charge in [-0.2, -0.15) is 0 Å². The fourth-order valence-corrected chi connectivity index (χ4v) is 2.83. The van der Waals surface area contributed by atoms with Crippen molar-refractivity contribution >= 4 is 0 Å². The summed E-state index contributed by atoms with van der Waals surface area (Å²) < 4.78 is 11.1. The van der Waals surface area contributed by atoms with Crippen molar-refractivity contribution in [2.75, 3.05) is 14.2 Å². The summed E-state index contributed by atoms with van der Waals surface area (Å²) in [6, 6.07) is 6.07. The highest BCUT2D eigenvalue weighted by Crippen LogP contribution is 2.39. The predicted molar refractivity (Wildman–Crippen MR) is 86.0 cm³/mol. The van der Waals surface area contributed by atoms with Gasteiger partial charge in [-0.15, -0.1) is 0 Å². The number of unbranched alkanes of at least 4 members (excludes halogenated alkanes) is 4. The van der Waals surface area contributed by atoms with Crippen LogP contribution in [0.5, 0.6) is 11.5 Å². The molecule has 0 fully saturated rings. The Balaban J connectivity index is 2.73. The molecule has 1 aromatic rings. The quantitative estimate of drug-likeness (QED) is 0.522. The van der Waals surface area contributed by atoms with Gasteiger partial charge in [0, 0.05) is 5.56 Å². The first-order valence-electron chi connectivity index (χ1n) is 7.99. The summed E-state index contributed by atoms with van der Waals surface area (Å²) in [5, 5.41) is 0. The summed E-state index contributed by atoms with van der Waals surface area (Å²) in [5.41, 5.74) is 1.25. The van der Waals surface area contributed by atoms with Gasteiger partial charge >= 0.3 is 0 Å². The van der Waals surface area contributed by atoms with E-state index in [-0.39, 0.29) is 0 Å². The highest BCUT2D eigenvalue weighted by Gasteiger charge is 2.19. The second kappa shape index (κ2) is 9.68. The molecule has 20 heavy (non-hydrogen) atoms. The molecule has 0 N–H and O–H groups in total. The lowest BCUT2D eigenvalue weighted by atomic mass is 9.89. The van der Waals surface area contributed by atoms with Crippen LogP contribution in [0.25, 0.3) is 0 Å². The monoisotopic (exact) mass is 278 g/mol. The average molecular weight is 278 g/mol. The van der Waals surface area contributed by atoms with Crippen LogP contribution in [-0.2, 0) is 0 Å². The Hall–Kier alpha value is -1.18. The Morgan fingerprint density at radius 1 is 0.900 bits per heavy atom. The van der Waals surface area contributed by atoms with Gasteiger partial charge in [-0.1, -0.05) is 52.0 Å². The minimum absolute atomic E-state index is 0.530. The first-order valence-corrected chi connectivity index (χ1v) is 7.99. The molecule has 0 aliphatic carbocycles. The lowest BCUT2D eigenvalue weighted by molar-refractivity contribution is 0.373. The third-order valence-electron chi connectivity index (χ3n) is 4.02. The van der Waals surface area contributed by atoms with Crippen molar-refractivity contribution in [1.29, 1.82) is 0 Å². The fraction of sp³-hybridized carbons (Fsp3) is 0.667. The lowest BCUT2D eigenvalue weighted by Crippen LogP contribution is -2.04. The van der Waals surface area contributed by atoms with E-state index in [9.17, 15) is 0 Å². The van der Waals surface area contributed by atoms with Crippen molar-refractivity contribution in [3.05, 3.63) is 23.8 Å². The van der Waals surface area contributed by atoms with Crippen LogP contribution in [0, 0.1) is 0 Å². The van der Waals surface area contributed by atoms with E-state index in [1.54, 1.807) is 14.2 Å². The van der Waals surface area contributed by atoms with Crippen molar-refractivity contribution in [3.8, 4) is 11.5 Å². The molecule has 114 valence electrons. The normalized spacial score (nSPS) is 12.2. The molecule has 2 nitrogen and oxygen atoms in total. The van der Waals surface area contributed by atoms with E-state index in [4.69, 9.17) is 9.47 Å². The van der Waals surface area contributed by atoms with Crippen LogP contribution in [0.4, 0.5) is 0 Å². The number of hydrogen-bond donors (Lipinski definition) is 0. The maximum absolute atomic E-state index is 5.54. The van der Waals surface area contributed by atoms with Gasteiger partial charge in [0.25, 0.3) is 0 Å². The Morgan fingerprint density at radius 3 is 2.00 bits per heavy atom. The topological polar surface area (TPSA) is 18.5 Å². The molecule has 0 spiro atoms. The minimum Gasteiger partial charge on any atom is -0.496 e. The molecular formula is C18H30O2. The maximum Gasteiger partial charge on any atom is 0.126 e. The lowest BCUT2D eigenvalue weighted by Gasteiger charge is -2.21. The largest absolute Gasteiger partial charge is 0.496 e. The van der Waals surface area contributed by atoms with Crippen LogP contribution in [0.1, 0.15) is 70.3 Å². The van der Waals surface area contributed by atoms with Crippen molar-refractivity contribution in [1.82, 2.24) is 0 Å². The summed E-state index contributed by atoms with van der Waals surface area (Å²) in [7, 11) is 3.48. The molecule has 0 amide bonds. The maximum atomic E-state index is 5.54. The molecular weight excluding hydrogens is 248 g/mol. The van der Waals surface area contributed by atoms with E-state index < -0.39 is 0 Å². The molecule has 0 bridgehead atoms. The SMILES string of the molecule is CCCCCCCC(CC)c1c(OC)cccc1OC.